The third kappa shape index (κ3) is 5.61. The molecular formula is C18H23BrN2O2S. The number of rotatable bonds is 8. The molecule has 0 saturated carbocycles. The van der Waals surface area contributed by atoms with Crippen molar-refractivity contribution in [1.29, 1.82) is 0 Å². The zero-order chi connectivity index (χ0) is 17.6. The molecule has 2 aromatic carbocycles. The van der Waals surface area contributed by atoms with E-state index in [0.717, 1.165) is 34.4 Å². The molecule has 0 amide bonds. The molecule has 2 aromatic rings. The third-order valence-corrected chi connectivity index (χ3v) is 5.60. The monoisotopic (exact) mass is 410 g/mol. The second-order valence-electron chi connectivity index (χ2n) is 5.55. The van der Waals surface area contributed by atoms with Crippen LogP contribution in [-0.2, 0) is 22.3 Å². The average Bonchev–Trinajstić information content (AvgIpc) is 2.55. The smallest absolute Gasteiger partial charge is 0.216 e. The van der Waals surface area contributed by atoms with Gasteiger partial charge in [-0.15, -0.1) is 0 Å². The summed E-state index contributed by atoms with van der Waals surface area (Å²) in [5, 5.41) is 0. The van der Waals surface area contributed by atoms with E-state index in [-0.39, 0.29) is 5.75 Å². The molecule has 0 heterocycles. The summed E-state index contributed by atoms with van der Waals surface area (Å²) in [5.74, 6) is -0.0238. The van der Waals surface area contributed by atoms with Crippen molar-refractivity contribution < 1.29 is 8.42 Å². The second-order valence-corrected chi connectivity index (χ2v) is 8.27. The number of halogens is 1. The molecule has 0 aromatic heterocycles. The highest BCUT2D eigenvalue weighted by atomic mass is 79.9. The minimum absolute atomic E-state index is 0.0238. The Bertz CT molecular complexity index is 757. The molecule has 1 N–H and O–H groups in total. The number of benzene rings is 2. The number of hydrogen-bond acceptors (Lipinski definition) is 3. The lowest BCUT2D eigenvalue weighted by Crippen LogP contribution is -2.25. The molecule has 0 saturated heterocycles. The van der Waals surface area contributed by atoms with Gasteiger partial charge in [0.1, 0.15) is 0 Å². The first-order chi connectivity index (χ1) is 11.4. The maximum Gasteiger partial charge on any atom is 0.216 e. The van der Waals surface area contributed by atoms with Crippen LogP contribution in [0.3, 0.4) is 0 Å². The van der Waals surface area contributed by atoms with Crippen molar-refractivity contribution in [2.45, 2.75) is 26.1 Å². The predicted octanol–water partition coefficient (Wildman–Crippen LogP) is 3.91. The van der Waals surface area contributed by atoms with Crippen LogP contribution < -0.4 is 9.62 Å². The summed E-state index contributed by atoms with van der Waals surface area (Å²) in [6.45, 7) is 6.44. The van der Waals surface area contributed by atoms with Gasteiger partial charge in [0.05, 0.1) is 5.75 Å². The number of anilines is 1. The summed E-state index contributed by atoms with van der Waals surface area (Å²) >= 11 is 3.36. The van der Waals surface area contributed by atoms with Crippen LogP contribution >= 0.6 is 15.9 Å². The van der Waals surface area contributed by atoms with E-state index in [0.29, 0.717) is 6.54 Å². The SMILES string of the molecule is CCN(CC)c1ccc(CNS(=O)(=O)Cc2cccc(Br)c2)cc1. The number of nitrogens with zero attached hydrogens (tertiary/aromatic N) is 1. The minimum Gasteiger partial charge on any atom is -0.372 e. The molecule has 0 unspecified atom stereocenters. The predicted molar refractivity (Wildman–Crippen MR) is 104 cm³/mol. The van der Waals surface area contributed by atoms with Crippen molar-refractivity contribution in [3.05, 3.63) is 64.1 Å². The molecule has 0 spiro atoms. The fourth-order valence-electron chi connectivity index (χ4n) is 2.50. The molecular weight excluding hydrogens is 388 g/mol. The quantitative estimate of drug-likeness (QED) is 0.717. The molecule has 130 valence electrons. The summed E-state index contributed by atoms with van der Waals surface area (Å²) in [6, 6.07) is 15.3. The van der Waals surface area contributed by atoms with Gasteiger partial charge >= 0.3 is 0 Å². The Kier molecular flexibility index (Phi) is 6.83. The van der Waals surface area contributed by atoms with Crippen LogP contribution in [0.1, 0.15) is 25.0 Å². The lowest BCUT2D eigenvalue weighted by Gasteiger charge is -2.21. The molecule has 0 bridgehead atoms. The summed E-state index contributed by atoms with van der Waals surface area (Å²) < 4.78 is 28.0. The van der Waals surface area contributed by atoms with Crippen molar-refractivity contribution in [3.8, 4) is 0 Å². The Morgan fingerprint density at radius 1 is 1.00 bits per heavy atom. The third-order valence-electron chi connectivity index (χ3n) is 3.81. The Morgan fingerprint density at radius 3 is 2.25 bits per heavy atom. The van der Waals surface area contributed by atoms with Gasteiger partial charge in [0.15, 0.2) is 0 Å². The average molecular weight is 411 g/mol. The lowest BCUT2D eigenvalue weighted by molar-refractivity contribution is 0.580. The Hall–Kier alpha value is -1.37. The highest BCUT2D eigenvalue weighted by Crippen LogP contribution is 2.16. The van der Waals surface area contributed by atoms with E-state index in [4.69, 9.17) is 0 Å². The maximum absolute atomic E-state index is 12.2. The van der Waals surface area contributed by atoms with Gasteiger partial charge in [0.25, 0.3) is 0 Å². The highest BCUT2D eigenvalue weighted by molar-refractivity contribution is 9.10. The standard InChI is InChI=1S/C18H23BrN2O2S/c1-3-21(4-2)18-10-8-15(9-11-18)13-20-24(22,23)14-16-6-5-7-17(19)12-16/h5-12,20H,3-4,13-14H2,1-2H3. The van der Waals surface area contributed by atoms with Crippen molar-refractivity contribution in [3.63, 3.8) is 0 Å². The first kappa shape index (κ1) is 19.0. The van der Waals surface area contributed by atoms with E-state index in [1.807, 2.05) is 48.5 Å². The van der Waals surface area contributed by atoms with Crippen LogP contribution in [0.25, 0.3) is 0 Å². The normalized spacial score (nSPS) is 11.5. The Balaban J connectivity index is 1.96. The summed E-state index contributed by atoms with van der Waals surface area (Å²) in [6.07, 6.45) is 0. The van der Waals surface area contributed by atoms with E-state index in [2.05, 4.69) is 39.4 Å². The molecule has 0 aliphatic heterocycles. The number of sulfonamides is 1. The molecule has 0 aliphatic rings. The topological polar surface area (TPSA) is 49.4 Å². The van der Waals surface area contributed by atoms with Crippen LogP contribution in [0.15, 0.2) is 53.0 Å². The van der Waals surface area contributed by atoms with E-state index in [1.165, 1.54) is 0 Å². The lowest BCUT2D eigenvalue weighted by atomic mass is 10.2. The van der Waals surface area contributed by atoms with E-state index in [9.17, 15) is 8.42 Å². The fourth-order valence-corrected chi connectivity index (χ4v) is 4.06. The molecule has 0 atom stereocenters. The van der Waals surface area contributed by atoms with Crippen LogP contribution in [0.4, 0.5) is 5.69 Å². The van der Waals surface area contributed by atoms with Gasteiger partial charge < -0.3 is 4.90 Å². The van der Waals surface area contributed by atoms with Crippen LogP contribution in [0.2, 0.25) is 0 Å². The first-order valence-corrected chi connectivity index (χ1v) is 10.4. The molecule has 6 heteroatoms. The van der Waals surface area contributed by atoms with Crippen molar-refractivity contribution in [2.75, 3.05) is 18.0 Å². The Morgan fingerprint density at radius 2 is 1.67 bits per heavy atom. The number of hydrogen-bond donors (Lipinski definition) is 1. The van der Waals surface area contributed by atoms with Gasteiger partial charge in [-0.25, -0.2) is 13.1 Å². The second kappa shape index (κ2) is 8.65. The van der Waals surface area contributed by atoms with Crippen molar-refractivity contribution >= 4 is 31.6 Å². The van der Waals surface area contributed by atoms with Crippen molar-refractivity contribution in [2.24, 2.45) is 0 Å². The zero-order valence-electron chi connectivity index (χ0n) is 14.0. The minimum atomic E-state index is -3.37. The van der Waals surface area contributed by atoms with Gasteiger partial charge in [-0.1, -0.05) is 40.2 Å². The van der Waals surface area contributed by atoms with Crippen LogP contribution in [-0.4, -0.2) is 21.5 Å². The molecule has 2 rings (SSSR count). The van der Waals surface area contributed by atoms with Crippen LogP contribution in [0, 0.1) is 0 Å². The molecule has 4 nitrogen and oxygen atoms in total. The summed E-state index contributed by atoms with van der Waals surface area (Å²) in [4.78, 5) is 2.25. The van der Waals surface area contributed by atoms with Gasteiger partial charge in [0, 0.05) is 29.8 Å². The molecule has 0 fully saturated rings. The van der Waals surface area contributed by atoms with E-state index in [1.54, 1.807) is 0 Å². The molecule has 24 heavy (non-hydrogen) atoms. The summed E-state index contributed by atoms with van der Waals surface area (Å²) in [7, 11) is -3.37. The van der Waals surface area contributed by atoms with Gasteiger partial charge in [-0.3, -0.25) is 0 Å². The first-order valence-electron chi connectivity index (χ1n) is 7.99. The highest BCUT2D eigenvalue weighted by Gasteiger charge is 2.11. The number of nitrogens with one attached hydrogen (secondary N) is 1. The maximum atomic E-state index is 12.2. The van der Waals surface area contributed by atoms with E-state index >= 15 is 0 Å². The van der Waals surface area contributed by atoms with Gasteiger partial charge in [-0.05, 0) is 49.2 Å². The van der Waals surface area contributed by atoms with Gasteiger partial charge in [0.2, 0.25) is 10.0 Å². The zero-order valence-corrected chi connectivity index (χ0v) is 16.4. The molecule has 0 radical (unpaired) electrons. The van der Waals surface area contributed by atoms with Crippen LogP contribution in [0.5, 0.6) is 0 Å². The van der Waals surface area contributed by atoms with Crippen molar-refractivity contribution in [1.82, 2.24) is 4.72 Å². The Labute approximate surface area is 153 Å². The molecule has 0 aliphatic carbocycles. The van der Waals surface area contributed by atoms with E-state index < -0.39 is 10.0 Å². The van der Waals surface area contributed by atoms with Gasteiger partial charge in [-0.2, -0.15) is 0 Å². The fraction of sp³-hybridized carbons (Fsp3) is 0.333. The largest absolute Gasteiger partial charge is 0.372 e. The summed E-state index contributed by atoms with van der Waals surface area (Å²) in [5.41, 5.74) is 2.86.